The molecule has 1 fully saturated rings. The number of morpholine rings is 1. The van der Waals surface area contributed by atoms with E-state index >= 15 is 0 Å². The Morgan fingerprint density at radius 2 is 2.00 bits per heavy atom. The van der Waals surface area contributed by atoms with Gasteiger partial charge in [-0.2, -0.15) is 0 Å². The molecule has 0 aromatic carbocycles. The van der Waals surface area contributed by atoms with Crippen molar-refractivity contribution in [2.45, 2.75) is 46.1 Å². The molecular formula is C15H31N3O2. The Hall–Kier alpha value is -0.650. The van der Waals surface area contributed by atoms with E-state index in [0.29, 0.717) is 6.42 Å². The molecule has 0 aliphatic carbocycles. The van der Waals surface area contributed by atoms with Crippen molar-refractivity contribution in [1.29, 1.82) is 0 Å². The molecule has 5 heteroatoms. The number of nitrogens with two attached hydrogens (primary N) is 1. The summed E-state index contributed by atoms with van der Waals surface area (Å²) in [5, 5.41) is 2.96. The van der Waals surface area contributed by atoms with E-state index < -0.39 is 0 Å². The van der Waals surface area contributed by atoms with E-state index in [1.165, 1.54) is 0 Å². The first-order chi connectivity index (χ1) is 9.37. The molecule has 0 spiro atoms. The molecule has 0 aromatic heterocycles. The predicted molar refractivity (Wildman–Crippen MR) is 81.6 cm³/mol. The first-order valence-corrected chi connectivity index (χ1v) is 7.69. The minimum absolute atomic E-state index is 0.0470. The Kier molecular flexibility index (Phi) is 7.48. The molecule has 1 unspecified atom stereocenters. The van der Waals surface area contributed by atoms with Crippen LogP contribution in [-0.4, -0.2) is 56.2 Å². The van der Waals surface area contributed by atoms with Crippen LogP contribution in [0.2, 0.25) is 0 Å². The van der Waals surface area contributed by atoms with Crippen LogP contribution in [0, 0.1) is 5.41 Å². The van der Waals surface area contributed by atoms with Gasteiger partial charge in [0.2, 0.25) is 5.91 Å². The number of ether oxygens (including phenoxy) is 1. The minimum Gasteiger partial charge on any atom is -0.379 e. The molecule has 1 rings (SSSR count). The second kappa shape index (κ2) is 8.60. The monoisotopic (exact) mass is 285 g/mol. The summed E-state index contributed by atoms with van der Waals surface area (Å²) in [5.41, 5.74) is 6.18. The smallest absolute Gasteiger partial charge is 0.221 e. The van der Waals surface area contributed by atoms with Gasteiger partial charge in [-0.1, -0.05) is 20.8 Å². The van der Waals surface area contributed by atoms with Crippen LogP contribution in [0.25, 0.3) is 0 Å². The van der Waals surface area contributed by atoms with E-state index in [0.717, 1.165) is 52.2 Å². The zero-order valence-electron chi connectivity index (χ0n) is 13.3. The SMILES string of the molecule is CC(C)(C)CC(N)CC(=O)NCCCN1CCOCC1. The van der Waals surface area contributed by atoms with Crippen LogP contribution in [0.5, 0.6) is 0 Å². The van der Waals surface area contributed by atoms with Crippen LogP contribution in [0.1, 0.15) is 40.0 Å². The van der Waals surface area contributed by atoms with Crippen molar-refractivity contribution < 1.29 is 9.53 Å². The number of hydrogen-bond acceptors (Lipinski definition) is 4. The highest BCUT2D eigenvalue weighted by Gasteiger charge is 2.18. The van der Waals surface area contributed by atoms with E-state index in [2.05, 4.69) is 31.0 Å². The van der Waals surface area contributed by atoms with Crippen molar-refractivity contribution in [2.24, 2.45) is 11.1 Å². The summed E-state index contributed by atoms with van der Waals surface area (Å²) in [6.07, 6.45) is 2.28. The lowest BCUT2D eigenvalue weighted by Gasteiger charge is -2.26. The molecule has 1 aliphatic rings. The number of carbonyl (C=O) groups excluding carboxylic acids is 1. The summed E-state index contributed by atoms with van der Waals surface area (Å²) in [6.45, 7) is 11.9. The third-order valence-corrected chi connectivity index (χ3v) is 3.40. The van der Waals surface area contributed by atoms with Crippen LogP contribution in [0.3, 0.4) is 0 Å². The second-order valence-corrected chi connectivity index (χ2v) is 6.89. The molecule has 1 atom stereocenters. The lowest BCUT2D eigenvalue weighted by Crippen LogP contribution is -2.39. The maximum absolute atomic E-state index is 11.8. The van der Waals surface area contributed by atoms with E-state index in [1.807, 2.05) is 0 Å². The van der Waals surface area contributed by atoms with Gasteiger partial charge < -0.3 is 15.8 Å². The summed E-state index contributed by atoms with van der Waals surface area (Å²) >= 11 is 0. The normalized spacial score (nSPS) is 18.8. The zero-order valence-corrected chi connectivity index (χ0v) is 13.3. The predicted octanol–water partition coefficient (Wildman–Crippen LogP) is 0.979. The van der Waals surface area contributed by atoms with Gasteiger partial charge in [0.1, 0.15) is 0 Å². The summed E-state index contributed by atoms with van der Waals surface area (Å²) in [6, 6.07) is -0.0470. The number of hydrogen-bond donors (Lipinski definition) is 2. The maximum Gasteiger partial charge on any atom is 0.221 e. The summed E-state index contributed by atoms with van der Waals surface area (Å²) in [5.74, 6) is 0.0729. The van der Waals surface area contributed by atoms with Crippen LogP contribution in [0.15, 0.2) is 0 Å². The molecule has 20 heavy (non-hydrogen) atoms. The van der Waals surface area contributed by atoms with Crippen LogP contribution in [0.4, 0.5) is 0 Å². The van der Waals surface area contributed by atoms with Gasteiger partial charge in [0, 0.05) is 32.1 Å². The number of carbonyl (C=O) groups is 1. The average molecular weight is 285 g/mol. The van der Waals surface area contributed by atoms with Gasteiger partial charge in [-0.15, -0.1) is 0 Å². The molecular weight excluding hydrogens is 254 g/mol. The van der Waals surface area contributed by atoms with Gasteiger partial charge in [0.15, 0.2) is 0 Å². The van der Waals surface area contributed by atoms with Gasteiger partial charge >= 0.3 is 0 Å². The van der Waals surface area contributed by atoms with Gasteiger partial charge in [-0.05, 0) is 24.8 Å². The molecule has 0 radical (unpaired) electrons. The highest BCUT2D eigenvalue weighted by atomic mass is 16.5. The average Bonchev–Trinajstić information content (AvgIpc) is 2.33. The topological polar surface area (TPSA) is 67.6 Å². The van der Waals surface area contributed by atoms with Crippen molar-refractivity contribution in [2.75, 3.05) is 39.4 Å². The summed E-state index contributed by atoms with van der Waals surface area (Å²) < 4.78 is 5.30. The standard InChI is InChI=1S/C15H31N3O2/c1-15(2,3)12-13(16)11-14(19)17-5-4-6-18-7-9-20-10-8-18/h13H,4-12,16H2,1-3H3,(H,17,19). The third-order valence-electron chi connectivity index (χ3n) is 3.40. The van der Waals surface area contributed by atoms with Crippen LogP contribution >= 0.6 is 0 Å². The fourth-order valence-electron chi connectivity index (χ4n) is 2.52. The Balaban J connectivity index is 2.04. The second-order valence-electron chi connectivity index (χ2n) is 6.89. The molecule has 1 aliphatic heterocycles. The first-order valence-electron chi connectivity index (χ1n) is 7.69. The van der Waals surface area contributed by atoms with Gasteiger partial charge in [-0.3, -0.25) is 9.69 Å². The zero-order chi connectivity index (χ0) is 15.0. The largest absolute Gasteiger partial charge is 0.379 e. The minimum atomic E-state index is -0.0470. The fourth-order valence-corrected chi connectivity index (χ4v) is 2.52. The molecule has 1 saturated heterocycles. The molecule has 3 N–H and O–H groups in total. The molecule has 0 aromatic rings. The van der Waals surface area contributed by atoms with Crippen LogP contribution < -0.4 is 11.1 Å². The molecule has 118 valence electrons. The van der Waals surface area contributed by atoms with E-state index in [1.54, 1.807) is 0 Å². The van der Waals surface area contributed by atoms with E-state index in [4.69, 9.17) is 10.5 Å². The third kappa shape index (κ3) is 8.51. The Bertz CT molecular complexity index is 283. The lowest BCUT2D eigenvalue weighted by atomic mass is 9.87. The Labute approximate surface area is 123 Å². The van der Waals surface area contributed by atoms with Gasteiger partial charge in [0.25, 0.3) is 0 Å². The fraction of sp³-hybridized carbons (Fsp3) is 0.933. The van der Waals surface area contributed by atoms with E-state index in [9.17, 15) is 4.79 Å². The van der Waals surface area contributed by atoms with E-state index in [-0.39, 0.29) is 17.4 Å². The number of nitrogens with one attached hydrogen (secondary N) is 1. The van der Waals surface area contributed by atoms with Gasteiger partial charge in [-0.25, -0.2) is 0 Å². The highest BCUT2D eigenvalue weighted by molar-refractivity contribution is 5.76. The molecule has 0 saturated carbocycles. The van der Waals surface area contributed by atoms with Crippen molar-refractivity contribution in [3.63, 3.8) is 0 Å². The Morgan fingerprint density at radius 3 is 2.60 bits per heavy atom. The molecule has 0 bridgehead atoms. The van der Waals surface area contributed by atoms with Crippen molar-refractivity contribution in [3.05, 3.63) is 0 Å². The van der Waals surface area contributed by atoms with Crippen molar-refractivity contribution in [3.8, 4) is 0 Å². The molecule has 5 nitrogen and oxygen atoms in total. The Morgan fingerprint density at radius 1 is 1.35 bits per heavy atom. The number of amides is 1. The van der Waals surface area contributed by atoms with Gasteiger partial charge in [0.05, 0.1) is 13.2 Å². The van der Waals surface area contributed by atoms with Crippen molar-refractivity contribution in [1.82, 2.24) is 10.2 Å². The maximum atomic E-state index is 11.8. The number of rotatable bonds is 7. The summed E-state index contributed by atoms with van der Waals surface area (Å²) in [4.78, 5) is 14.1. The molecule has 1 heterocycles. The molecule has 1 amide bonds. The van der Waals surface area contributed by atoms with Crippen molar-refractivity contribution >= 4 is 5.91 Å². The summed E-state index contributed by atoms with van der Waals surface area (Å²) in [7, 11) is 0. The van der Waals surface area contributed by atoms with Crippen LogP contribution in [-0.2, 0) is 9.53 Å². The quantitative estimate of drug-likeness (QED) is 0.684. The lowest BCUT2D eigenvalue weighted by molar-refractivity contribution is -0.121. The number of nitrogens with zero attached hydrogens (tertiary/aromatic N) is 1. The highest BCUT2D eigenvalue weighted by Crippen LogP contribution is 2.20. The first kappa shape index (κ1) is 17.4.